The van der Waals surface area contributed by atoms with Gasteiger partial charge >= 0.3 is 0 Å². The van der Waals surface area contributed by atoms with Crippen molar-refractivity contribution < 1.29 is 9.59 Å². The Morgan fingerprint density at radius 3 is 2.07 bits per heavy atom. The lowest BCUT2D eigenvalue weighted by Gasteiger charge is -2.20. The molecule has 2 atom stereocenters. The van der Waals surface area contributed by atoms with Crippen LogP contribution in [-0.2, 0) is 9.59 Å². The fourth-order valence-electron chi connectivity index (χ4n) is 1.18. The fourth-order valence-corrected chi connectivity index (χ4v) is 1.18. The van der Waals surface area contributed by atoms with Crippen LogP contribution >= 0.6 is 0 Å². The first-order valence-corrected chi connectivity index (χ1v) is 5.16. The van der Waals surface area contributed by atoms with Crippen molar-refractivity contribution in [1.82, 2.24) is 10.6 Å². The third kappa shape index (κ3) is 5.37. The minimum Gasteiger partial charge on any atom is -0.357 e. The normalized spacial score (nSPS) is 14.5. The van der Waals surface area contributed by atoms with Gasteiger partial charge in [0.2, 0.25) is 11.8 Å². The van der Waals surface area contributed by atoms with Gasteiger partial charge in [0, 0.05) is 7.05 Å². The number of nitrogens with one attached hydrogen (secondary N) is 2. The second kappa shape index (κ2) is 6.40. The molecule has 0 spiro atoms. The van der Waals surface area contributed by atoms with Crippen molar-refractivity contribution in [3.63, 3.8) is 0 Å². The molecule has 88 valence electrons. The molecule has 0 aromatic heterocycles. The molecule has 0 aromatic rings. The van der Waals surface area contributed by atoms with E-state index in [9.17, 15) is 9.59 Å². The first kappa shape index (κ1) is 13.9. The monoisotopic (exact) mass is 215 g/mol. The summed E-state index contributed by atoms with van der Waals surface area (Å²) in [7, 11) is 1.55. The van der Waals surface area contributed by atoms with Crippen LogP contribution in [0.4, 0.5) is 0 Å². The quantitative estimate of drug-likeness (QED) is 0.584. The van der Waals surface area contributed by atoms with Gasteiger partial charge in [-0.25, -0.2) is 0 Å². The number of likely N-dealkylation sites (N-methyl/N-ethyl adjacent to an activating group) is 1. The molecule has 0 radical (unpaired) electrons. The second-order valence-corrected chi connectivity index (χ2v) is 4.09. The number of hydrogen-bond donors (Lipinski definition) is 3. The Bertz CT molecular complexity index is 227. The van der Waals surface area contributed by atoms with E-state index in [1.807, 2.05) is 13.8 Å². The van der Waals surface area contributed by atoms with Crippen molar-refractivity contribution in [1.29, 1.82) is 0 Å². The third-order valence-electron chi connectivity index (χ3n) is 2.00. The second-order valence-electron chi connectivity index (χ2n) is 4.09. The fraction of sp³-hybridized carbons (Fsp3) is 0.800. The molecular formula is C10H21N3O2. The van der Waals surface area contributed by atoms with Gasteiger partial charge in [0.25, 0.3) is 0 Å². The molecule has 15 heavy (non-hydrogen) atoms. The highest BCUT2D eigenvalue weighted by molar-refractivity contribution is 5.89. The molecule has 0 saturated carbocycles. The lowest BCUT2D eigenvalue weighted by atomic mass is 10.0. The van der Waals surface area contributed by atoms with Crippen molar-refractivity contribution in [2.24, 2.45) is 11.7 Å². The lowest BCUT2D eigenvalue weighted by molar-refractivity contribution is -0.129. The molecule has 5 nitrogen and oxygen atoms in total. The van der Waals surface area contributed by atoms with Gasteiger partial charge in [-0.15, -0.1) is 0 Å². The van der Waals surface area contributed by atoms with Gasteiger partial charge in [-0.2, -0.15) is 0 Å². The molecule has 0 aliphatic rings. The van der Waals surface area contributed by atoms with E-state index >= 15 is 0 Å². The minimum atomic E-state index is -0.593. The van der Waals surface area contributed by atoms with Crippen LogP contribution in [0.3, 0.4) is 0 Å². The summed E-state index contributed by atoms with van der Waals surface area (Å²) in [6.45, 7) is 5.58. The Labute approximate surface area is 90.8 Å². The molecule has 2 amide bonds. The molecule has 0 rings (SSSR count). The van der Waals surface area contributed by atoms with E-state index in [0.717, 1.165) is 0 Å². The Morgan fingerprint density at radius 2 is 1.73 bits per heavy atom. The summed E-state index contributed by atoms with van der Waals surface area (Å²) in [6, 6.07) is -1.09. The molecule has 0 aliphatic carbocycles. The van der Waals surface area contributed by atoms with Gasteiger partial charge in [0.1, 0.15) is 6.04 Å². The average Bonchev–Trinajstić information content (AvgIpc) is 2.14. The zero-order chi connectivity index (χ0) is 12.0. The van der Waals surface area contributed by atoms with Crippen molar-refractivity contribution >= 4 is 11.8 Å². The molecule has 0 saturated heterocycles. The van der Waals surface area contributed by atoms with E-state index in [0.29, 0.717) is 12.3 Å². The zero-order valence-corrected chi connectivity index (χ0v) is 9.83. The Morgan fingerprint density at radius 1 is 1.20 bits per heavy atom. The number of nitrogens with two attached hydrogens (primary N) is 1. The summed E-state index contributed by atoms with van der Waals surface area (Å²) < 4.78 is 0. The summed E-state index contributed by atoms with van der Waals surface area (Å²) in [5.74, 6) is -0.150. The molecule has 5 heteroatoms. The van der Waals surface area contributed by atoms with Gasteiger partial charge in [-0.3, -0.25) is 9.59 Å². The Kier molecular flexibility index (Phi) is 5.93. The van der Waals surface area contributed by atoms with E-state index in [1.165, 1.54) is 0 Å². The highest BCUT2D eigenvalue weighted by Gasteiger charge is 2.21. The van der Waals surface area contributed by atoms with Crippen molar-refractivity contribution in [3.8, 4) is 0 Å². The SMILES string of the molecule is CNC(=O)C(CC(C)C)NC(=O)[C@H](C)N. The summed E-state index contributed by atoms with van der Waals surface area (Å²) in [5.41, 5.74) is 5.41. The van der Waals surface area contributed by atoms with E-state index < -0.39 is 12.1 Å². The first-order valence-electron chi connectivity index (χ1n) is 5.16. The van der Waals surface area contributed by atoms with Crippen LogP contribution in [0.25, 0.3) is 0 Å². The van der Waals surface area contributed by atoms with E-state index in [4.69, 9.17) is 5.73 Å². The maximum atomic E-state index is 11.4. The van der Waals surface area contributed by atoms with Gasteiger partial charge < -0.3 is 16.4 Å². The van der Waals surface area contributed by atoms with Crippen molar-refractivity contribution in [2.75, 3.05) is 7.05 Å². The van der Waals surface area contributed by atoms with Crippen LogP contribution in [0.5, 0.6) is 0 Å². The molecule has 0 fully saturated rings. The maximum absolute atomic E-state index is 11.4. The van der Waals surface area contributed by atoms with Crippen LogP contribution in [-0.4, -0.2) is 30.9 Å². The minimum absolute atomic E-state index is 0.183. The number of hydrogen-bond acceptors (Lipinski definition) is 3. The van der Waals surface area contributed by atoms with Gasteiger partial charge in [-0.05, 0) is 19.3 Å². The molecule has 0 bridgehead atoms. The maximum Gasteiger partial charge on any atom is 0.242 e. The van der Waals surface area contributed by atoms with E-state index in [1.54, 1.807) is 14.0 Å². The van der Waals surface area contributed by atoms with Crippen LogP contribution in [0.2, 0.25) is 0 Å². The van der Waals surface area contributed by atoms with Crippen LogP contribution in [0, 0.1) is 5.92 Å². The van der Waals surface area contributed by atoms with Crippen LogP contribution < -0.4 is 16.4 Å². The van der Waals surface area contributed by atoms with Gasteiger partial charge in [-0.1, -0.05) is 13.8 Å². The summed E-state index contributed by atoms with van der Waals surface area (Å²) in [6.07, 6.45) is 0.609. The van der Waals surface area contributed by atoms with Crippen molar-refractivity contribution in [2.45, 2.75) is 39.3 Å². The van der Waals surface area contributed by atoms with E-state index in [-0.39, 0.29) is 11.8 Å². The van der Waals surface area contributed by atoms with E-state index in [2.05, 4.69) is 10.6 Å². The molecule has 1 unspecified atom stereocenters. The first-order chi connectivity index (χ1) is 6.88. The molecule has 0 aromatic carbocycles. The smallest absolute Gasteiger partial charge is 0.242 e. The number of amides is 2. The number of carbonyl (C=O) groups is 2. The van der Waals surface area contributed by atoms with Gasteiger partial charge in [0.05, 0.1) is 6.04 Å². The van der Waals surface area contributed by atoms with Crippen molar-refractivity contribution in [3.05, 3.63) is 0 Å². The zero-order valence-electron chi connectivity index (χ0n) is 9.83. The molecule has 4 N–H and O–H groups in total. The lowest BCUT2D eigenvalue weighted by Crippen LogP contribution is -2.50. The molecule has 0 aliphatic heterocycles. The largest absolute Gasteiger partial charge is 0.357 e. The summed E-state index contributed by atoms with van der Waals surface area (Å²) in [5, 5.41) is 5.14. The van der Waals surface area contributed by atoms with Crippen LogP contribution in [0.15, 0.2) is 0 Å². The predicted octanol–water partition coefficient (Wildman–Crippen LogP) is -0.389. The number of carbonyl (C=O) groups excluding carboxylic acids is 2. The predicted molar refractivity (Wildman–Crippen MR) is 59.1 cm³/mol. The number of rotatable bonds is 5. The third-order valence-corrected chi connectivity index (χ3v) is 2.00. The van der Waals surface area contributed by atoms with Crippen LogP contribution in [0.1, 0.15) is 27.2 Å². The highest BCUT2D eigenvalue weighted by atomic mass is 16.2. The molecular weight excluding hydrogens is 194 g/mol. The summed E-state index contributed by atoms with van der Waals surface area (Å²) in [4.78, 5) is 22.8. The Hall–Kier alpha value is -1.10. The summed E-state index contributed by atoms with van der Waals surface area (Å²) >= 11 is 0. The standard InChI is InChI=1S/C10H21N3O2/c1-6(2)5-8(10(15)12-4)13-9(14)7(3)11/h6-8H,5,11H2,1-4H3,(H,12,15)(H,13,14)/t7-,8?/m0/s1. The highest BCUT2D eigenvalue weighted by Crippen LogP contribution is 2.04. The average molecular weight is 215 g/mol. The molecule has 0 heterocycles. The topological polar surface area (TPSA) is 84.2 Å². The van der Waals surface area contributed by atoms with Gasteiger partial charge in [0.15, 0.2) is 0 Å². The Balaban J connectivity index is 4.37.